The van der Waals surface area contributed by atoms with Crippen LogP contribution < -0.4 is 15.0 Å². The lowest BCUT2D eigenvalue weighted by molar-refractivity contribution is -0.120. The monoisotopic (exact) mass is 274 g/mol. The molecule has 0 bridgehead atoms. The minimum atomic E-state index is -0.330. The number of carbonyl (C=O) groups is 2. The standard InChI is InChI=1S/C15H18N2O3/c1-20-12-5-3-11(4-6-12)17-13(18)9-15(7-2-8-15)10-16-14(17)19/h3-6H,2,7-10H2,1H3,(H,16,19). The van der Waals surface area contributed by atoms with E-state index in [1.807, 2.05) is 0 Å². The maximum atomic E-state index is 12.4. The zero-order chi connectivity index (χ0) is 14.2. The van der Waals surface area contributed by atoms with Gasteiger partial charge in [0.15, 0.2) is 0 Å². The van der Waals surface area contributed by atoms with Gasteiger partial charge < -0.3 is 10.1 Å². The van der Waals surface area contributed by atoms with Crippen LogP contribution in [0.4, 0.5) is 10.5 Å². The lowest BCUT2D eigenvalue weighted by atomic mass is 9.66. The molecule has 3 amide bonds. The molecule has 2 aliphatic rings. The molecule has 0 atom stereocenters. The first-order chi connectivity index (χ1) is 9.63. The van der Waals surface area contributed by atoms with E-state index >= 15 is 0 Å². The third-order valence-electron chi connectivity index (χ3n) is 4.34. The molecule has 1 aliphatic carbocycles. The van der Waals surface area contributed by atoms with Gasteiger partial charge in [0.1, 0.15) is 5.75 Å². The van der Waals surface area contributed by atoms with Crippen molar-refractivity contribution in [3.63, 3.8) is 0 Å². The molecule has 5 heteroatoms. The molecular formula is C15H18N2O3. The predicted molar refractivity (Wildman–Crippen MR) is 74.8 cm³/mol. The number of urea groups is 1. The highest BCUT2D eigenvalue weighted by Gasteiger charge is 2.44. The molecule has 1 aromatic carbocycles. The van der Waals surface area contributed by atoms with Crippen molar-refractivity contribution < 1.29 is 14.3 Å². The number of ether oxygens (including phenoxy) is 1. The molecule has 1 saturated heterocycles. The van der Waals surface area contributed by atoms with Crippen LogP contribution >= 0.6 is 0 Å². The molecule has 1 heterocycles. The summed E-state index contributed by atoms with van der Waals surface area (Å²) in [6, 6.07) is 6.63. The number of imide groups is 1. The SMILES string of the molecule is COc1ccc(N2C(=O)CC3(CCC3)CNC2=O)cc1. The van der Waals surface area contributed by atoms with E-state index in [0.717, 1.165) is 19.3 Å². The highest BCUT2D eigenvalue weighted by molar-refractivity contribution is 6.14. The molecule has 0 radical (unpaired) electrons. The zero-order valence-electron chi connectivity index (χ0n) is 11.5. The number of rotatable bonds is 2. The van der Waals surface area contributed by atoms with E-state index in [2.05, 4.69) is 5.32 Å². The molecule has 3 rings (SSSR count). The van der Waals surface area contributed by atoms with Gasteiger partial charge in [0.05, 0.1) is 12.8 Å². The minimum Gasteiger partial charge on any atom is -0.497 e. The van der Waals surface area contributed by atoms with Crippen molar-refractivity contribution in [3.05, 3.63) is 24.3 Å². The van der Waals surface area contributed by atoms with Gasteiger partial charge in [-0.3, -0.25) is 4.79 Å². The van der Waals surface area contributed by atoms with Crippen molar-refractivity contribution in [3.8, 4) is 5.75 Å². The third kappa shape index (κ3) is 2.13. The number of hydrogen-bond donors (Lipinski definition) is 1. The number of amides is 3. The van der Waals surface area contributed by atoms with Crippen LogP contribution in [0.3, 0.4) is 0 Å². The fraction of sp³-hybridized carbons (Fsp3) is 0.467. The number of carbonyl (C=O) groups excluding carboxylic acids is 2. The van der Waals surface area contributed by atoms with Crippen LogP contribution in [-0.2, 0) is 4.79 Å². The summed E-state index contributed by atoms with van der Waals surface area (Å²) < 4.78 is 5.09. The van der Waals surface area contributed by atoms with Crippen LogP contribution in [0.15, 0.2) is 24.3 Å². The van der Waals surface area contributed by atoms with Crippen molar-refractivity contribution in [2.24, 2.45) is 5.41 Å². The maximum absolute atomic E-state index is 12.4. The summed E-state index contributed by atoms with van der Waals surface area (Å²) in [5.74, 6) is 0.580. The summed E-state index contributed by atoms with van der Waals surface area (Å²) in [7, 11) is 1.58. The Hall–Kier alpha value is -2.04. The Morgan fingerprint density at radius 2 is 1.90 bits per heavy atom. The first-order valence-corrected chi connectivity index (χ1v) is 6.88. The van der Waals surface area contributed by atoms with Crippen LogP contribution in [-0.4, -0.2) is 25.6 Å². The van der Waals surface area contributed by atoms with Crippen molar-refractivity contribution in [2.75, 3.05) is 18.6 Å². The fourth-order valence-corrected chi connectivity index (χ4v) is 2.94. The molecule has 20 heavy (non-hydrogen) atoms. The molecule has 0 aromatic heterocycles. The smallest absolute Gasteiger partial charge is 0.328 e. The van der Waals surface area contributed by atoms with E-state index in [-0.39, 0.29) is 17.4 Å². The molecular weight excluding hydrogens is 256 g/mol. The first-order valence-electron chi connectivity index (χ1n) is 6.88. The highest BCUT2D eigenvalue weighted by Crippen LogP contribution is 2.45. The Morgan fingerprint density at radius 3 is 2.45 bits per heavy atom. The summed E-state index contributed by atoms with van der Waals surface area (Å²) >= 11 is 0. The van der Waals surface area contributed by atoms with Gasteiger partial charge in [-0.05, 0) is 42.5 Å². The van der Waals surface area contributed by atoms with E-state index in [1.165, 1.54) is 4.90 Å². The molecule has 2 fully saturated rings. The Kier molecular flexibility index (Phi) is 3.12. The number of hydrogen-bond acceptors (Lipinski definition) is 3. The Balaban J connectivity index is 1.86. The number of anilines is 1. The van der Waals surface area contributed by atoms with Gasteiger partial charge in [-0.25, -0.2) is 9.69 Å². The molecule has 106 valence electrons. The highest BCUT2D eigenvalue weighted by atomic mass is 16.5. The number of nitrogens with zero attached hydrogens (tertiary/aromatic N) is 1. The van der Waals surface area contributed by atoms with Crippen molar-refractivity contribution in [1.29, 1.82) is 0 Å². The van der Waals surface area contributed by atoms with E-state index in [4.69, 9.17) is 4.74 Å². The summed E-state index contributed by atoms with van der Waals surface area (Å²) in [4.78, 5) is 25.8. The third-order valence-corrected chi connectivity index (χ3v) is 4.34. The lowest BCUT2D eigenvalue weighted by Crippen LogP contribution is -2.42. The quantitative estimate of drug-likeness (QED) is 0.900. The van der Waals surface area contributed by atoms with Gasteiger partial charge in [-0.2, -0.15) is 0 Å². The van der Waals surface area contributed by atoms with Crippen molar-refractivity contribution in [1.82, 2.24) is 5.32 Å². The van der Waals surface area contributed by atoms with Crippen LogP contribution in [0.5, 0.6) is 5.75 Å². The van der Waals surface area contributed by atoms with Crippen LogP contribution in [0.25, 0.3) is 0 Å². The molecule has 1 saturated carbocycles. The Labute approximate surface area is 117 Å². The minimum absolute atomic E-state index is 0.00599. The normalized spacial score (nSPS) is 21.1. The van der Waals surface area contributed by atoms with Crippen molar-refractivity contribution in [2.45, 2.75) is 25.7 Å². The summed E-state index contributed by atoms with van der Waals surface area (Å²) in [5, 5.41) is 2.88. The van der Waals surface area contributed by atoms with E-state index in [1.54, 1.807) is 31.4 Å². The van der Waals surface area contributed by atoms with E-state index < -0.39 is 0 Å². The summed E-state index contributed by atoms with van der Waals surface area (Å²) in [6.07, 6.45) is 3.63. The molecule has 1 N–H and O–H groups in total. The summed E-state index contributed by atoms with van der Waals surface area (Å²) in [5.41, 5.74) is 0.582. The van der Waals surface area contributed by atoms with Gasteiger partial charge in [-0.15, -0.1) is 0 Å². The average Bonchev–Trinajstić information content (AvgIpc) is 2.55. The van der Waals surface area contributed by atoms with Gasteiger partial charge in [0, 0.05) is 13.0 Å². The van der Waals surface area contributed by atoms with Crippen LogP contribution in [0, 0.1) is 5.41 Å². The molecule has 1 aliphatic heterocycles. The average molecular weight is 274 g/mol. The van der Waals surface area contributed by atoms with Gasteiger partial charge in [-0.1, -0.05) is 6.42 Å². The second kappa shape index (κ2) is 4.81. The molecule has 0 unspecified atom stereocenters. The predicted octanol–water partition coefficient (Wildman–Crippen LogP) is 2.31. The first kappa shape index (κ1) is 13.0. The largest absolute Gasteiger partial charge is 0.497 e. The number of nitrogens with one attached hydrogen (secondary N) is 1. The number of benzene rings is 1. The van der Waals surface area contributed by atoms with E-state index in [0.29, 0.717) is 24.4 Å². The lowest BCUT2D eigenvalue weighted by Gasteiger charge is -2.39. The summed E-state index contributed by atoms with van der Waals surface area (Å²) in [6.45, 7) is 0.601. The van der Waals surface area contributed by atoms with Crippen molar-refractivity contribution >= 4 is 17.6 Å². The Bertz CT molecular complexity index is 535. The van der Waals surface area contributed by atoms with Gasteiger partial charge >= 0.3 is 6.03 Å². The zero-order valence-corrected chi connectivity index (χ0v) is 11.5. The molecule has 1 aromatic rings. The molecule has 5 nitrogen and oxygen atoms in total. The maximum Gasteiger partial charge on any atom is 0.328 e. The van der Waals surface area contributed by atoms with Gasteiger partial charge in [0.2, 0.25) is 5.91 Å². The van der Waals surface area contributed by atoms with Gasteiger partial charge in [0.25, 0.3) is 0 Å². The molecule has 1 spiro atoms. The Morgan fingerprint density at radius 1 is 1.20 bits per heavy atom. The fourth-order valence-electron chi connectivity index (χ4n) is 2.94. The van der Waals surface area contributed by atoms with Crippen LogP contribution in [0.1, 0.15) is 25.7 Å². The van der Waals surface area contributed by atoms with Crippen LogP contribution in [0.2, 0.25) is 0 Å². The second-order valence-corrected chi connectivity index (χ2v) is 5.62. The second-order valence-electron chi connectivity index (χ2n) is 5.62. The number of methoxy groups -OCH3 is 1. The topological polar surface area (TPSA) is 58.6 Å². The van der Waals surface area contributed by atoms with E-state index in [9.17, 15) is 9.59 Å².